The summed E-state index contributed by atoms with van der Waals surface area (Å²) in [6, 6.07) is 13.2. The van der Waals surface area contributed by atoms with Gasteiger partial charge in [-0.15, -0.1) is 0 Å². The van der Waals surface area contributed by atoms with Crippen LogP contribution in [0.5, 0.6) is 5.75 Å². The van der Waals surface area contributed by atoms with E-state index in [4.69, 9.17) is 16.4 Å². The number of nitrogens with zero attached hydrogens (tertiary/aromatic N) is 2. The quantitative estimate of drug-likeness (QED) is 0.822. The van der Waals surface area contributed by atoms with Gasteiger partial charge in [-0.2, -0.15) is 8.78 Å². The second-order valence-corrected chi connectivity index (χ2v) is 6.87. The van der Waals surface area contributed by atoms with E-state index < -0.39 is 12.8 Å². The zero-order valence-corrected chi connectivity index (χ0v) is 15.3. The van der Waals surface area contributed by atoms with Crippen molar-refractivity contribution in [1.82, 2.24) is 5.48 Å². The first kappa shape index (κ1) is 18.6. The summed E-state index contributed by atoms with van der Waals surface area (Å²) in [6.45, 7) is -2.39. The lowest BCUT2D eigenvalue weighted by Gasteiger charge is -2.18. The van der Waals surface area contributed by atoms with Crippen molar-refractivity contribution in [3.8, 4) is 5.75 Å². The number of halogens is 3. The molecular formula is C19H16ClF2N3O3. The van der Waals surface area contributed by atoms with Gasteiger partial charge in [0, 0.05) is 35.2 Å². The predicted molar refractivity (Wildman–Crippen MR) is 99.5 cm³/mol. The molecule has 0 aliphatic carbocycles. The molecule has 2 atom stereocenters. The first-order valence-electron chi connectivity index (χ1n) is 8.60. The first-order valence-corrected chi connectivity index (χ1v) is 8.98. The SMILES string of the molecule is O=C1CC(C2N=C(c3ccc(OC(F)F)cc3)NO2)CN1c1ccc(Cl)cc1. The Labute approximate surface area is 164 Å². The third-order valence-electron chi connectivity index (χ3n) is 4.58. The van der Waals surface area contributed by atoms with E-state index >= 15 is 0 Å². The summed E-state index contributed by atoms with van der Waals surface area (Å²) in [5.41, 5.74) is 4.20. The molecule has 0 bridgehead atoms. The molecule has 2 unspecified atom stereocenters. The van der Waals surface area contributed by atoms with Crippen LogP contribution >= 0.6 is 11.6 Å². The third-order valence-corrected chi connectivity index (χ3v) is 4.83. The topological polar surface area (TPSA) is 63.2 Å². The molecule has 1 amide bonds. The summed E-state index contributed by atoms with van der Waals surface area (Å²) in [5, 5.41) is 0.606. The Balaban J connectivity index is 1.44. The van der Waals surface area contributed by atoms with Gasteiger partial charge in [0.15, 0.2) is 12.1 Å². The van der Waals surface area contributed by atoms with E-state index in [0.717, 1.165) is 5.69 Å². The van der Waals surface area contributed by atoms with Gasteiger partial charge in [0.1, 0.15) is 5.75 Å². The number of alkyl halides is 2. The minimum Gasteiger partial charge on any atom is -0.435 e. The Hall–Kier alpha value is -2.71. The van der Waals surface area contributed by atoms with E-state index in [2.05, 4.69) is 15.2 Å². The Morgan fingerprint density at radius 1 is 1.18 bits per heavy atom. The van der Waals surface area contributed by atoms with Crippen LogP contribution in [0.4, 0.5) is 14.5 Å². The first-order chi connectivity index (χ1) is 13.5. The summed E-state index contributed by atoms with van der Waals surface area (Å²) < 4.78 is 28.8. The van der Waals surface area contributed by atoms with Gasteiger partial charge in [-0.25, -0.2) is 15.3 Å². The summed E-state index contributed by atoms with van der Waals surface area (Å²) >= 11 is 5.90. The molecule has 2 aliphatic rings. The highest BCUT2D eigenvalue weighted by molar-refractivity contribution is 6.30. The summed E-state index contributed by atoms with van der Waals surface area (Å²) in [4.78, 5) is 24.1. The highest BCUT2D eigenvalue weighted by Crippen LogP contribution is 2.30. The van der Waals surface area contributed by atoms with E-state index in [-0.39, 0.29) is 17.6 Å². The number of amidine groups is 1. The van der Waals surface area contributed by atoms with Crippen molar-refractivity contribution in [1.29, 1.82) is 0 Å². The minimum absolute atomic E-state index is 0.00641. The smallest absolute Gasteiger partial charge is 0.387 e. The number of hydrogen-bond donors (Lipinski definition) is 1. The fraction of sp³-hybridized carbons (Fsp3) is 0.263. The maximum absolute atomic E-state index is 12.4. The monoisotopic (exact) mass is 407 g/mol. The van der Waals surface area contributed by atoms with Crippen LogP contribution in [0, 0.1) is 5.92 Å². The van der Waals surface area contributed by atoms with Crippen LogP contribution in [-0.4, -0.2) is 31.1 Å². The normalized spacial score (nSPS) is 21.8. The molecule has 2 aromatic carbocycles. The summed E-state index contributed by atoms with van der Waals surface area (Å²) in [6.07, 6.45) is -0.208. The van der Waals surface area contributed by atoms with E-state index in [9.17, 15) is 13.6 Å². The van der Waals surface area contributed by atoms with Crippen molar-refractivity contribution in [2.75, 3.05) is 11.4 Å². The second-order valence-electron chi connectivity index (χ2n) is 6.44. The Bertz CT molecular complexity index is 890. The van der Waals surface area contributed by atoms with Crippen molar-refractivity contribution in [2.24, 2.45) is 10.9 Å². The fourth-order valence-electron chi connectivity index (χ4n) is 3.22. The Morgan fingerprint density at radius 2 is 1.89 bits per heavy atom. The molecule has 2 heterocycles. The molecule has 0 spiro atoms. The zero-order chi connectivity index (χ0) is 19.7. The van der Waals surface area contributed by atoms with Crippen LogP contribution in [0.2, 0.25) is 5.02 Å². The van der Waals surface area contributed by atoms with Gasteiger partial charge in [-0.1, -0.05) is 11.6 Å². The van der Waals surface area contributed by atoms with Crippen molar-refractivity contribution in [2.45, 2.75) is 19.3 Å². The molecule has 28 heavy (non-hydrogen) atoms. The van der Waals surface area contributed by atoms with Crippen LogP contribution in [0.15, 0.2) is 53.5 Å². The van der Waals surface area contributed by atoms with E-state index in [1.54, 1.807) is 41.3 Å². The largest absolute Gasteiger partial charge is 0.435 e. The molecule has 0 radical (unpaired) electrons. The fourth-order valence-corrected chi connectivity index (χ4v) is 3.35. The van der Waals surface area contributed by atoms with Gasteiger partial charge in [0.2, 0.25) is 5.91 Å². The van der Waals surface area contributed by atoms with Crippen LogP contribution in [-0.2, 0) is 9.63 Å². The molecule has 2 aromatic rings. The van der Waals surface area contributed by atoms with Crippen LogP contribution in [0.25, 0.3) is 0 Å². The summed E-state index contributed by atoms with van der Waals surface area (Å²) in [5.74, 6) is 0.420. The van der Waals surface area contributed by atoms with Gasteiger partial charge >= 0.3 is 6.61 Å². The highest BCUT2D eigenvalue weighted by Gasteiger charge is 2.38. The van der Waals surface area contributed by atoms with E-state index in [1.165, 1.54) is 12.1 Å². The molecular weight excluding hydrogens is 392 g/mol. The maximum atomic E-state index is 12.4. The molecule has 1 N–H and O–H groups in total. The predicted octanol–water partition coefficient (Wildman–Crippen LogP) is 3.60. The van der Waals surface area contributed by atoms with E-state index in [1.807, 2.05) is 0 Å². The number of nitrogens with one attached hydrogen (secondary N) is 1. The zero-order valence-electron chi connectivity index (χ0n) is 14.5. The van der Waals surface area contributed by atoms with E-state index in [0.29, 0.717) is 29.4 Å². The number of rotatable bonds is 5. The minimum atomic E-state index is -2.87. The molecule has 9 heteroatoms. The number of aliphatic imine (C=N–C) groups is 1. The Kier molecular flexibility index (Phi) is 5.15. The van der Waals surface area contributed by atoms with Crippen LogP contribution < -0.4 is 15.1 Å². The van der Waals surface area contributed by atoms with Crippen LogP contribution in [0.3, 0.4) is 0 Å². The molecule has 0 saturated carbocycles. The van der Waals surface area contributed by atoms with Crippen molar-refractivity contribution >= 4 is 29.0 Å². The Morgan fingerprint density at radius 3 is 2.57 bits per heavy atom. The number of carbonyl (C=O) groups is 1. The van der Waals surface area contributed by atoms with Crippen LogP contribution in [0.1, 0.15) is 12.0 Å². The lowest BCUT2D eigenvalue weighted by atomic mass is 10.1. The molecule has 2 aliphatic heterocycles. The van der Waals surface area contributed by atoms with Crippen molar-refractivity contribution < 1.29 is 23.1 Å². The molecule has 6 nitrogen and oxygen atoms in total. The van der Waals surface area contributed by atoms with Gasteiger partial charge in [-0.05, 0) is 48.5 Å². The van der Waals surface area contributed by atoms with Crippen molar-refractivity contribution in [3.63, 3.8) is 0 Å². The molecule has 1 saturated heterocycles. The molecule has 1 fully saturated rings. The van der Waals surface area contributed by atoms with Gasteiger partial charge in [0.25, 0.3) is 0 Å². The standard InChI is InChI=1S/C19H16ClF2N3O3/c20-13-3-5-14(6-4-13)25-10-12(9-16(25)26)18-23-17(24-28-18)11-1-7-15(8-2-11)27-19(21)22/h1-8,12,18-19H,9-10H2,(H,23,24). The average molecular weight is 408 g/mol. The lowest BCUT2D eigenvalue weighted by Crippen LogP contribution is -2.28. The number of benzene rings is 2. The molecule has 146 valence electrons. The summed E-state index contributed by atoms with van der Waals surface area (Å²) in [7, 11) is 0. The number of hydrogen-bond acceptors (Lipinski definition) is 5. The highest BCUT2D eigenvalue weighted by atomic mass is 35.5. The number of anilines is 1. The number of hydroxylamine groups is 1. The van der Waals surface area contributed by atoms with Gasteiger partial charge < -0.3 is 9.64 Å². The van der Waals surface area contributed by atoms with Gasteiger partial charge in [-0.3, -0.25) is 4.79 Å². The number of carbonyl (C=O) groups excluding carboxylic acids is 1. The molecule has 4 rings (SSSR count). The average Bonchev–Trinajstić information content (AvgIpc) is 3.30. The number of amides is 1. The third kappa shape index (κ3) is 3.93. The van der Waals surface area contributed by atoms with Gasteiger partial charge in [0.05, 0.1) is 0 Å². The lowest BCUT2D eigenvalue weighted by molar-refractivity contribution is -0.117. The number of ether oxygens (including phenoxy) is 1. The second kappa shape index (κ2) is 7.73. The molecule has 0 aromatic heterocycles. The maximum Gasteiger partial charge on any atom is 0.387 e. The van der Waals surface area contributed by atoms with Crippen molar-refractivity contribution in [3.05, 3.63) is 59.1 Å².